The quantitative estimate of drug-likeness (QED) is 0.262. The summed E-state index contributed by atoms with van der Waals surface area (Å²) in [5, 5.41) is 7.07. The first-order valence-electron chi connectivity index (χ1n) is 8.46. The van der Waals surface area contributed by atoms with Crippen LogP contribution in [0.5, 0.6) is 0 Å². The maximum atomic E-state index is 13.5. The first-order valence-corrected chi connectivity index (χ1v) is 8.84. The number of likely N-dealkylation sites (N-methyl/N-ethyl adjacent to an activating group) is 1. The predicted molar refractivity (Wildman–Crippen MR) is 121 cm³/mol. The topological polar surface area (TPSA) is 52.6 Å². The Bertz CT molecular complexity index is 724. The van der Waals surface area contributed by atoms with Crippen molar-refractivity contribution in [2.45, 2.75) is 12.5 Å². The lowest BCUT2D eigenvalue weighted by Crippen LogP contribution is -2.42. The summed E-state index contributed by atoms with van der Waals surface area (Å²) in [4.78, 5) is 10.4. The number of hydrogen-bond donors (Lipinski definition) is 2. The number of benzene rings is 1. The van der Waals surface area contributed by atoms with Gasteiger partial charge in [-0.05, 0) is 49.8 Å². The molecule has 2 N–H and O–H groups in total. The summed E-state index contributed by atoms with van der Waals surface area (Å²) in [5.41, 5.74) is 2.02. The van der Waals surface area contributed by atoms with Crippen LogP contribution in [-0.2, 0) is 6.42 Å². The number of halogens is 3. The van der Waals surface area contributed by atoms with E-state index >= 15 is 0 Å². The summed E-state index contributed by atoms with van der Waals surface area (Å²) < 4.78 is 13.5. The summed E-state index contributed by atoms with van der Waals surface area (Å²) in [6.45, 7) is 1.33. The largest absolute Gasteiger partial charge is 0.356 e. The number of aliphatic imine (C=N–C) groups is 1. The molecule has 0 bridgehead atoms. The molecule has 0 aliphatic rings. The maximum Gasteiger partial charge on any atom is 0.191 e. The molecular formula is C19H26ClFIN5. The van der Waals surface area contributed by atoms with Crippen molar-refractivity contribution in [3.63, 3.8) is 0 Å². The third-order valence-corrected chi connectivity index (χ3v) is 4.26. The van der Waals surface area contributed by atoms with E-state index in [1.54, 1.807) is 31.4 Å². The first-order chi connectivity index (χ1) is 12.5. The van der Waals surface area contributed by atoms with Crippen molar-refractivity contribution in [1.29, 1.82) is 0 Å². The van der Waals surface area contributed by atoms with E-state index in [0.29, 0.717) is 17.7 Å². The number of guanidine groups is 1. The molecule has 0 saturated carbocycles. The van der Waals surface area contributed by atoms with Crippen molar-refractivity contribution in [3.05, 3.63) is 64.7 Å². The lowest BCUT2D eigenvalue weighted by molar-refractivity contribution is 0.297. The van der Waals surface area contributed by atoms with E-state index in [4.69, 9.17) is 11.6 Å². The summed E-state index contributed by atoms with van der Waals surface area (Å²) in [6, 6.07) is 10.5. The van der Waals surface area contributed by atoms with Crippen LogP contribution in [0.25, 0.3) is 0 Å². The van der Waals surface area contributed by atoms with Crippen molar-refractivity contribution >= 4 is 41.5 Å². The van der Waals surface area contributed by atoms with Gasteiger partial charge in [0.25, 0.3) is 0 Å². The molecular weight excluding hydrogens is 480 g/mol. The van der Waals surface area contributed by atoms with Crippen LogP contribution in [0.3, 0.4) is 0 Å². The normalized spacial score (nSPS) is 12.4. The highest BCUT2D eigenvalue weighted by atomic mass is 127. The van der Waals surface area contributed by atoms with Gasteiger partial charge in [-0.25, -0.2) is 9.37 Å². The predicted octanol–water partition coefficient (Wildman–Crippen LogP) is 3.50. The highest BCUT2D eigenvalue weighted by Crippen LogP contribution is 2.18. The van der Waals surface area contributed by atoms with Gasteiger partial charge in [-0.15, -0.1) is 24.0 Å². The van der Waals surface area contributed by atoms with Gasteiger partial charge in [0.15, 0.2) is 5.96 Å². The monoisotopic (exact) mass is 505 g/mol. The molecule has 1 unspecified atom stereocenters. The van der Waals surface area contributed by atoms with E-state index in [9.17, 15) is 4.39 Å². The average molecular weight is 506 g/mol. The first kappa shape index (κ1) is 23.6. The zero-order valence-corrected chi connectivity index (χ0v) is 18.8. The van der Waals surface area contributed by atoms with Gasteiger partial charge in [0.2, 0.25) is 0 Å². The zero-order chi connectivity index (χ0) is 18.9. The molecule has 0 radical (unpaired) electrons. The van der Waals surface area contributed by atoms with Crippen LogP contribution in [0.4, 0.5) is 4.39 Å². The molecule has 148 valence electrons. The van der Waals surface area contributed by atoms with Crippen LogP contribution in [0.2, 0.25) is 5.15 Å². The maximum absolute atomic E-state index is 13.5. The number of rotatable bonds is 7. The second kappa shape index (κ2) is 12.1. The number of nitrogens with zero attached hydrogens (tertiary/aromatic N) is 3. The molecule has 1 atom stereocenters. The summed E-state index contributed by atoms with van der Waals surface area (Å²) in [7, 11) is 5.67. The minimum Gasteiger partial charge on any atom is -0.356 e. The SMILES string of the molecule is CN=C(NCCc1ccc(Cl)nc1)NCC(c1cccc(F)c1)N(C)C.I. The molecule has 8 heteroatoms. The molecule has 27 heavy (non-hydrogen) atoms. The van der Waals surface area contributed by atoms with E-state index in [2.05, 4.69) is 25.5 Å². The fraction of sp³-hybridized carbons (Fsp3) is 0.368. The third kappa shape index (κ3) is 7.98. The lowest BCUT2D eigenvalue weighted by Gasteiger charge is -2.26. The van der Waals surface area contributed by atoms with Crippen molar-refractivity contribution in [1.82, 2.24) is 20.5 Å². The van der Waals surface area contributed by atoms with E-state index in [1.807, 2.05) is 26.2 Å². The van der Waals surface area contributed by atoms with Crippen molar-refractivity contribution in [2.75, 3.05) is 34.2 Å². The Labute approximate surface area is 182 Å². The molecule has 0 saturated heterocycles. The van der Waals surface area contributed by atoms with Gasteiger partial charge in [0.1, 0.15) is 11.0 Å². The fourth-order valence-corrected chi connectivity index (χ4v) is 2.72. The second-order valence-corrected chi connectivity index (χ2v) is 6.54. The van der Waals surface area contributed by atoms with E-state index in [1.165, 1.54) is 6.07 Å². The zero-order valence-electron chi connectivity index (χ0n) is 15.7. The molecule has 5 nitrogen and oxygen atoms in total. The Kier molecular flexibility index (Phi) is 10.6. The van der Waals surface area contributed by atoms with Crippen LogP contribution in [0.15, 0.2) is 47.6 Å². The van der Waals surface area contributed by atoms with Gasteiger partial charge < -0.3 is 15.5 Å². The van der Waals surface area contributed by atoms with Crippen LogP contribution in [-0.4, -0.2) is 50.1 Å². The number of aromatic nitrogens is 1. The third-order valence-electron chi connectivity index (χ3n) is 4.04. The molecule has 0 amide bonds. The number of pyridine rings is 1. The molecule has 0 fully saturated rings. The van der Waals surface area contributed by atoms with Gasteiger partial charge in [0.05, 0.1) is 6.04 Å². The lowest BCUT2D eigenvalue weighted by atomic mass is 10.1. The van der Waals surface area contributed by atoms with Gasteiger partial charge in [-0.2, -0.15) is 0 Å². The minimum atomic E-state index is -0.228. The molecule has 1 aromatic carbocycles. The highest BCUT2D eigenvalue weighted by molar-refractivity contribution is 14.0. The van der Waals surface area contributed by atoms with Crippen LogP contribution in [0, 0.1) is 5.82 Å². The molecule has 2 rings (SSSR count). The van der Waals surface area contributed by atoms with E-state index in [-0.39, 0.29) is 35.8 Å². The standard InChI is InChI=1S/C19H25ClFN5.HI/c1-22-19(23-10-9-14-7-8-18(20)24-12-14)25-13-17(26(2)3)15-5-4-6-16(21)11-15;/h4-8,11-12,17H,9-10,13H2,1-3H3,(H2,22,23,25);1H. The fourth-order valence-electron chi connectivity index (χ4n) is 2.61. The summed E-state index contributed by atoms with van der Waals surface area (Å²) >= 11 is 5.79. The Morgan fingerprint density at radius 2 is 2.04 bits per heavy atom. The average Bonchev–Trinajstić information content (AvgIpc) is 2.62. The number of hydrogen-bond acceptors (Lipinski definition) is 3. The minimum absolute atomic E-state index is 0. The number of nitrogens with one attached hydrogen (secondary N) is 2. The smallest absolute Gasteiger partial charge is 0.191 e. The van der Waals surface area contributed by atoms with Gasteiger partial charge in [-0.1, -0.05) is 29.8 Å². The molecule has 0 spiro atoms. The van der Waals surface area contributed by atoms with Crippen molar-refractivity contribution in [3.8, 4) is 0 Å². The Morgan fingerprint density at radius 1 is 1.26 bits per heavy atom. The van der Waals surface area contributed by atoms with Gasteiger partial charge in [-0.3, -0.25) is 4.99 Å². The molecule has 0 aliphatic heterocycles. The second-order valence-electron chi connectivity index (χ2n) is 6.15. The Hall–Kier alpha value is -1.45. The van der Waals surface area contributed by atoms with Crippen LogP contribution in [0.1, 0.15) is 17.2 Å². The molecule has 2 aromatic rings. The van der Waals surface area contributed by atoms with Crippen LogP contribution >= 0.6 is 35.6 Å². The summed E-state index contributed by atoms with van der Waals surface area (Å²) in [5.74, 6) is 0.476. The molecule has 0 aliphatic carbocycles. The summed E-state index contributed by atoms with van der Waals surface area (Å²) in [6.07, 6.45) is 2.58. The van der Waals surface area contributed by atoms with Gasteiger partial charge >= 0.3 is 0 Å². The van der Waals surface area contributed by atoms with Crippen LogP contribution < -0.4 is 10.6 Å². The van der Waals surface area contributed by atoms with E-state index < -0.39 is 0 Å². The van der Waals surface area contributed by atoms with Crippen molar-refractivity contribution in [2.24, 2.45) is 4.99 Å². The Balaban J connectivity index is 0.00000364. The van der Waals surface area contributed by atoms with Crippen molar-refractivity contribution < 1.29 is 4.39 Å². The van der Waals surface area contributed by atoms with Gasteiger partial charge in [0, 0.05) is 26.3 Å². The Morgan fingerprint density at radius 3 is 2.63 bits per heavy atom. The molecule has 1 heterocycles. The highest BCUT2D eigenvalue weighted by Gasteiger charge is 2.15. The molecule has 1 aromatic heterocycles. The van der Waals surface area contributed by atoms with E-state index in [0.717, 1.165) is 24.1 Å².